The van der Waals surface area contributed by atoms with Gasteiger partial charge in [0.1, 0.15) is 5.82 Å². The summed E-state index contributed by atoms with van der Waals surface area (Å²) in [5.74, 6) is 1.69. The molecule has 0 unspecified atom stereocenters. The molecule has 0 aliphatic rings. The van der Waals surface area contributed by atoms with E-state index in [0.29, 0.717) is 5.92 Å². The van der Waals surface area contributed by atoms with Crippen LogP contribution in [0.1, 0.15) is 44.0 Å². The van der Waals surface area contributed by atoms with Gasteiger partial charge in [0.05, 0.1) is 11.0 Å². The molecule has 0 bridgehead atoms. The molecule has 2 rings (SSSR count). The molecule has 0 aliphatic heterocycles. The Morgan fingerprint density at radius 1 is 1.31 bits per heavy atom. The number of rotatable bonds is 4. The monoisotopic (exact) mass is 280 g/mol. The van der Waals surface area contributed by atoms with Crippen molar-refractivity contribution in [3.8, 4) is 0 Å². The molecule has 1 aromatic heterocycles. The first-order valence-electron chi connectivity index (χ1n) is 5.83. The lowest BCUT2D eigenvalue weighted by Crippen LogP contribution is -1.97. The molecular weight excluding hydrogens is 264 g/mol. The van der Waals surface area contributed by atoms with Crippen molar-refractivity contribution in [1.82, 2.24) is 9.97 Å². The Morgan fingerprint density at radius 3 is 2.69 bits per heavy atom. The minimum atomic E-state index is 0.555. The first kappa shape index (κ1) is 11.6. The maximum absolute atomic E-state index is 4.66. The van der Waals surface area contributed by atoms with Gasteiger partial charge in [0.2, 0.25) is 0 Å². The second-order valence-corrected chi connectivity index (χ2v) is 4.68. The predicted molar refractivity (Wildman–Crippen MR) is 72.0 cm³/mol. The summed E-state index contributed by atoms with van der Waals surface area (Å²) in [5, 5.41) is 0.891. The zero-order valence-corrected chi connectivity index (χ0v) is 11.3. The van der Waals surface area contributed by atoms with Gasteiger partial charge < -0.3 is 4.98 Å². The highest BCUT2D eigenvalue weighted by Crippen LogP contribution is 2.23. The van der Waals surface area contributed by atoms with Gasteiger partial charge in [-0.15, -0.1) is 0 Å². The lowest BCUT2D eigenvalue weighted by molar-refractivity contribution is 0.611. The Bertz CT molecular complexity index is 472. The van der Waals surface area contributed by atoms with Crippen molar-refractivity contribution in [2.45, 2.75) is 37.9 Å². The van der Waals surface area contributed by atoms with Crippen LogP contribution in [0.2, 0.25) is 0 Å². The zero-order chi connectivity index (χ0) is 11.5. The van der Waals surface area contributed by atoms with E-state index < -0.39 is 0 Å². The molecule has 0 amide bonds. The fourth-order valence-corrected chi connectivity index (χ4v) is 2.38. The van der Waals surface area contributed by atoms with Gasteiger partial charge in [0, 0.05) is 11.2 Å². The highest BCUT2D eigenvalue weighted by atomic mass is 79.9. The van der Waals surface area contributed by atoms with Gasteiger partial charge in [-0.05, 0) is 30.5 Å². The van der Waals surface area contributed by atoms with Gasteiger partial charge in [0.25, 0.3) is 0 Å². The number of imidazole rings is 1. The van der Waals surface area contributed by atoms with Crippen molar-refractivity contribution in [3.63, 3.8) is 0 Å². The predicted octanol–water partition coefficient (Wildman–Crippen LogP) is 4.36. The van der Waals surface area contributed by atoms with Gasteiger partial charge in [-0.3, -0.25) is 0 Å². The number of hydrogen-bond donors (Lipinski definition) is 1. The summed E-state index contributed by atoms with van der Waals surface area (Å²) in [4.78, 5) is 8.10. The van der Waals surface area contributed by atoms with Gasteiger partial charge in [-0.2, -0.15) is 0 Å². The van der Waals surface area contributed by atoms with Crippen molar-refractivity contribution in [1.29, 1.82) is 0 Å². The maximum atomic E-state index is 4.66. The third kappa shape index (κ3) is 2.14. The standard InChI is InChI=1S/C13H17BrN2/c1-3-10(4-2)13-15-11-6-5-9(8-14)7-12(11)16-13/h5-7,10H,3-4,8H2,1-2H3,(H,15,16). The van der Waals surface area contributed by atoms with E-state index >= 15 is 0 Å². The summed E-state index contributed by atoms with van der Waals surface area (Å²) in [6.07, 6.45) is 2.28. The van der Waals surface area contributed by atoms with Crippen LogP contribution in [0.4, 0.5) is 0 Å². The number of H-pyrrole nitrogens is 1. The number of fused-ring (bicyclic) bond motifs is 1. The summed E-state index contributed by atoms with van der Waals surface area (Å²) >= 11 is 3.47. The second kappa shape index (κ2) is 5.00. The average molecular weight is 281 g/mol. The van der Waals surface area contributed by atoms with E-state index in [9.17, 15) is 0 Å². The van der Waals surface area contributed by atoms with Crippen LogP contribution in [0.25, 0.3) is 11.0 Å². The van der Waals surface area contributed by atoms with Crippen LogP contribution in [0.5, 0.6) is 0 Å². The smallest absolute Gasteiger partial charge is 0.110 e. The number of hydrogen-bond acceptors (Lipinski definition) is 1. The maximum Gasteiger partial charge on any atom is 0.110 e. The van der Waals surface area contributed by atoms with Gasteiger partial charge in [0.15, 0.2) is 0 Å². The summed E-state index contributed by atoms with van der Waals surface area (Å²) < 4.78 is 0. The summed E-state index contributed by atoms with van der Waals surface area (Å²) in [6.45, 7) is 4.43. The average Bonchev–Trinajstić information content (AvgIpc) is 2.72. The van der Waals surface area contributed by atoms with Gasteiger partial charge in [-0.1, -0.05) is 35.8 Å². The van der Waals surface area contributed by atoms with Crippen LogP contribution in [-0.2, 0) is 5.33 Å². The Balaban J connectivity index is 2.43. The molecule has 0 fully saturated rings. The van der Waals surface area contributed by atoms with Crippen molar-refractivity contribution in [2.24, 2.45) is 0 Å². The lowest BCUT2D eigenvalue weighted by atomic mass is 10.0. The van der Waals surface area contributed by atoms with Crippen LogP contribution in [0.3, 0.4) is 0 Å². The molecule has 2 nitrogen and oxygen atoms in total. The van der Waals surface area contributed by atoms with E-state index in [1.807, 2.05) is 0 Å². The van der Waals surface area contributed by atoms with Crippen LogP contribution in [0.15, 0.2) is 18.2 Å². The molecule has 2 aromatic rings. The first-order chi connectivity index (χ1) is 7.78. The third-order valence-electron chi connectivity index (χ3n) is 3.09. The fourth-order valence-electron chi connectivity index (χ4n) is 2.03. The van der Waals surface area contributed by atoms with E-state index in [0.717, 1.165) is 35.0 Å². The normalized spacial score (nSPS) is 11.5. The molecule has 1 aromatic carbocycles. The molecule has 0 radical (unpaired) electrons. The number of nitrogens with zero attached hydrogens (tertiary/aromatic N) is 1. The topological polar surface area (TPSA) is 28.7 Å². The van der Waals surface area contributed by atoms with Crippen LogP contribution in [0, 0.1) is 0 Å². The number of aromatic amines is 1. The minimum Gasteiger partial charge on any atom is -0.342 e. The molecule has 0 atom stereocenters. The van der Waals surface area contributed by atoms with E-state index in [1.165, 1.54) is 5.56 Å². The number of aromatic nitrogens is 2. The summed E-state index contributed by atoms with van der Waals surface area (Å²) in [5.41, 5.74) is 3.51. The van der Waals surface area contributed by atoms with Crippen molar-refractivity contribution < 1.29 is 0 Å². The molecule has 1 heterocycles. The van der Waals surface area contributed by atoms with E-state index in [4.69, 9.17) is 0 Å². The van der Waals surface area contributed by atoms with E-state index in [2.05, 4.69) is 57.9 Å². The first-order valence-corrected chi connectivity index (χ1v) is 6.95. The quantitative estimate of drug-likeness (QED) is 0.829. The highest BCUT2D eigenvalue weighted by molar-refractivity contribution is 9.08. The summed E-state index contributed by atoms with van der Waals surface area (Å²) in [7, 11) is 0. The Hall–Kier alpha value is -0.830. The number of halogens is 1. The van der Waals surface area contributed by atoms with Crippen LogP contribution >= 0.6 is 15.9 Å². The molecule has 0 saturated heterocycles. The summed E-state index contributed by atoms with van der Waals surface area (Å²) in [6, 6.07) is 6.38. The SMILES string of the molecule is CCC(CC)c1nc2ccc(CBr)cc2[nH]1. The Kier molecular flexibility index (Phi) is 3.64. The van der Waals surface area contributed by atoms with Crippen LogP contribution < -0.4 is 0 Å². The fraction of sp³-hybridized carbons (Fsp3) is 0.462. The molecule has 0 saturated carbocycles. The van der Waals surface area contributed by atoms with Crippen molar-refractivity contribution in [3.05, 3.63) is 29.6 Å². The lowest BCUT2D eigenvalue weighted by Gasteiger charge is -2.07. The Morgan fingerprint density at radius 2 is 2.06 bits per heavy atom. The largest absolute Gasteiger partial charge is 0.342 e. The van der Waals surface area contributed by atoms with Crippen molar-refractivity contribution >= 4 is 27.0 Å². The van der Waals surface area contributed by atoms with Gasteiger partial charge in [-0.25, -0.2) is 4.98 Å². The zero-order valence-electron chi connectivity index (χ0n) is 9.76. The number of alkyl halides is 1. The molecule has 3 heteroatoms. The van der Waals surface area contributed by atoms with E-state index in [1.54, 1.807) is 0 Å². The number of nitrogens with one attached hydrogen (secondary N) is 1. The Labute approximate surface area is 105 Å². The van der Waals surface area contributed by atoms with Crippen molar-refractivity contribution in [2.75, 3.05) is 0 Å². The van der Waals surface area contributed by atoms with E-state index in [-0.39, 0.29) is 0 Å². The number of benzene rings is 1. The molecule has 86 valence electrons. The van der Waals surface area contributed by atoms with Gasteiger partial charge >= 0.3 is 0 Å². The van der Waals surface area contributed by atoms with Crippen LogP contribution in [-0.4, -0.2) is 9.97 Å². The molecule has 1 N–H and O–H groups in total. The molecule has 0 spiro atoms. The minimum absolute atomic E-state index is 0.555. The second-order valence-electron chi connectivity index (χ2n) is 4.12. The molecular formula is C13H17BrN2. The third-order valence-corrected chi connectivity index (χ3v) is 3.74. The highest BCUT2D eigenvalue weighted by Gasteiger charge is 2.11. The molecule has 0 aliphatic carbocycles. The molecule has 16 heavy (non-hydrogen) atoms.